The molecule has 2 nitrogen and oxygen atoms in total. The SMILES string of the molecule is C=C(/C=C\C(=C/C)c1cccc(-c2ccccc2)c1)c1ccc2cc(-c3ccc4ccc(/C(N)=C/C)cc4c3)ccc2c1Nc1ccccc1.CC. The molecule has 0 aliphatic heterocycles. The van der Waals surface area contributed by atoms with Gasteiger partial charge in [-0.1, -0.05) is 160 Å². The molecule has 52 heavy (non-hydrogen) atoms. The lowest BCUT2D eigenvalue weighted by Gasteiger charge is -2.17. The lowest BCUT2D eigenvalue weighted by Crippen LogP contribution is -1.97. The van der Waals surface area contributed by atoms with E-state index in [4.69, 9.17) is 5.73 Å². The van der Waals surface area contributed by atoms with Crippen molar-refractivity contribution in [3.63, 3.8) is 0 Å². The number of hydrogen-bond acceptors (Lipinski definition) is 2. The van der Waals surface area contributed by atoms with Gasteiger partial charge in [-0.3, -0.25) is 0 Å². The zero-order chi connectivity index (χ0) is 36.5. The number of para-hydroxylation sites is 1. The normalized spacial score (nSPS) is 11.8. The van der Waals surface area contributed by atoms with Crippen LogP contribution in [0.25, 0.3) is 60.6 Å². The van der Waals surface area contributed by atoms with E-state index in [0.717, 1.165) is 55.7 Å². The Hall–Kier alpha value is -6.38. The van der Waals surface area contributed by atoms with E-state index in [9.17, 15) is 0 Å². The summed E-state index contributed by atoms with van der Waals surface area (Å²) in [5.74, 6) is 0. The van der Waals surface area contributed by atoms with Gasteiger partial charge in [-0.25, -0.2) is 0 Å². The van der Waals surface area contributed by atoms with Crippen molar-refractivity contribution in [2.75, 3.05) is 5.32 Å². The summed E-state index contributed by atoms with van der Waals surface area (Å²) in [4.78, 5) is 0. The Kier molecular flexibility index (Phi) is 11.3. The lowest BCUT2D eigenvalue weighted by molar-refractivity contribution is 1.50. The van der Waals surface area contributed by atoms with Crippen molar-refractivity contribution in [1.29, 1.82) is 0 Å². The van der Waals surface area contributed by atoms with Crippen LogP contribution in [0.15, 0.2) is 183 Å². The molecule has 0 saturated carbocycles. The molecule has 7 rings (SSSR count). The molecule has 0 amide bonds. The van der Waals surface area contributed by atoms with E-state index in [2.05, 4.69) is 183 Å². The third kappa shape index (κ3) is 7.83. The number of benzene rings is 7. The van der Waals surface area contributed by atoms with Gasteiger partial charge in [-0.15, -0.1) is 0 Å². The van der Waals surface area contributed by atoms with Crippen LogP contribution in [0.5, 0.6) is 0 Å². The quantitative estimate of drug-likeness (QED) is 0.150. The molecule has 3 N–H and O–H groups in total. The van der Waals surface area contributed by atoms with E-state index in [1.807, 2.05) is 32.9 Å². The molecule has 0 spiro atoms. The van der Waals surface area contributed by atoms with Crippen LogP contribution >= 0.6 is 0 Å². The highest BCUT2D eigenvalue weighted by Gasteiger charge is 2.12. The van der Waals surface area contributed by atoms with Crippen LogP contribution in [0.4, 0.5) is 11.4 Å². The molecule has 0 aliphatic rings. The Labute approximate surface area is 309 Å². The van der Waals surface area contributed by atoms with Crippen molar-refractivity contribution in [3.8, 4) is 22.3 Å². The first-order valence-electron chi connectivity index (χ1n) is 18.1. The second-order valence-corrected chi connectivity index (χ2v) is 12.5. The Morgan fingerprint density at radius 3 is 1.90 bits per heavy atom. The highest BCUT2D eigenvalue weighted by Crippen LogP contribution is 2.37. The molecule has 0 atom stereocenters. The predicted molar refractivity (Wildman–Crippen MR) is 230 cm³/mol. The third-order valence-corrected chi connectivity index (χ3v) is 9.30. The molecule has 256 valence electrons. The van der Waals surface area contributed by atoms with E-state index in [-0.39, 0.29) is 0 Å². The Morgan fingerprint density at radius 2 is 1.17 bits per heavy atom. The molecule has 7 aromatic rings. The van der Waals surface area contributed by atoms with Gasteiger partial charge < -0.3 is 11.1 Å². The van der Waals surface area contributed by atoms with Crippen molar-refractivity contribution in [2.45, 2.75) is 27.7 Å². The summed E-state index contributed by atoms with van der Waals surface area (Å²) in [5, 5.41) is 8.38. The third-order valence-electron chi connectivity index (χ3n) is 9.30. The molecule has 0 heterocycles. The fourth-order valence-electron chi connectivity index (χ4n) is 6.50. The van der Waals surface area contributed by atoms with E-state index in [0.29, 0.717) is 0 Å². The largest absolute Gasteiger partial charge is 0.399 e. The van der Waals surface area contributed by atoms with Crippen LogP contribution in [-0.2, 0) is 0 Å². The van der Waals surface area contributed by atoms with Crippen molar-refractivity contribution >= 4 is 49.8 Å². The highest BCUT2D eigenvalue weighted by molar-refractivity contribution is 6.04. The summed E-state index contributed by atoms with van der Waals surface area (Å²) in [7, 11) is 0. The van der Waals surface area contributed by atoms with Gasteiger partial charge in [0.25, 0.3) is 0 Å². The summed E-state index contributed by atoms with van der Waals surface area (Å²) in [5.41, 5.74) is 19.1. The fourth-order valence-corrected chi connectivity index (χ4v) is 6.50. The van der Waals surface area contributed by atoms with Crippen molar-refractivity contribution in [1.82, 2.24) is 0 Å². The number of fused-ring (bicyclic) bond motifs is 2. The van der Waals surface area contributed by atoms with Gasteiger partial charge in [-0.2, -0.15) is 0 Å². The minimum atomic E-state index is 0.785. The number of nitrogens with one attached hydrogen (secondary N) is 1. The fraction of sp³-hybridized carbons (Fsp3) is 0.0800. The summed E-state index contributed by atoms with van der Waals surface area (Å²) < 4.78 is 0. The Bertz CT molecular complexity index is 2430. The van der Waals surface area contributed by atoms with Crippen LogP contribution in [0, 0.1) is 0 Å². The summed E-state index contributed by atoms with van der Waals surface area (Å²) in [6.07, 6.45) is 8.39. The maximum Gasteiger partial charge on any atom is 0.0543 e. The zero-order valence-corrected chi connectivity index (χ0v) is 30.5. The van der Waals surface area contributed by atoms with E-state index >= 15 is 0 Å². The van der Waals surface area contributed by atoms with Crippen LogP contribution in [0.1, 0.15) is 44.4 Å². The molecule has 0 aromatic heterocycles. The number of anilines is 2. The molecule has 0 radical (unpaired) electrons. The average molecular weight is 675 g/mol. The summed E-state index contributed by atoms with van der Waals surface area (Å²) >= 11 is 0. The first-order chi connectivity index (χ1) is 25.5. The molecule has 0 fully saturated rings. The van der Waals surface area contributed by atoms with E-state index in [1.54, 1.807) is 0 Å². The monoisotopic (exact) mass is 674 g/mol. The van der Waals surface area contributed by atoms with Gasteiger partial charge in [0.1, 0.15) is 0 Å². The average Bonchev–Trinajstić information content (AvgIpc) is 3.21. The van der Waals surface area contributed by atoms with Crippen LogP contribution in [-0.4, -0.2) is 0 Å². The highest BCUT2D eigenvalue weighted by atomic mass is 14.9. The second-order valence-electron chi connectivity index (χ2n) is 12.5. The number of allylic oxidation sites excluding steroid dienone is 6. The predicted octanol–water partition coefficient (Wildman–Crippen LogP) is 14.1. The standard InChI is InChI=1S/C48H40N2.C2H6/c1-4-34(37-15-12-16-38(29-37)35-13-8-6-9-14-35)20-19-33(3)45-27-26-41-30-40(25-28-46(41)48(45)50-44-17-10-7-11-18-44)39-23-21-36-22-24-42(47(49)5-2)32-43(36)31-39;1-2/h4-32,50H,3,49H2,1-2H3;1-2H3/b20-19-,34-4+,47-5-;. The van der Waals surface area contributed by atoms with Gasteiger partial charge in [0.2, 0.25) is 0 Å². The molecule has 0 unspecified atom stereocenters. The zero-order valence-electron chi connectivity index (χ0n) is 30.5. The smallest absolute Gasteiger partial charge is 0.0543 e. The summed E-state index contributed by atoms with van der Waals surface area (Å²) in [6, 6.07) is 53.6. The Morgan fingerprint density at radius 1 is 0.538 bits per heavy atom. The van der Waals surface area contributed by atoms with Crippen LogP contribution in [0.2, 0.25) is 0 Å². The molecular weight excluding hydrogens is 629 g/mol. The maximum absolute atomic E-state index is 6.23. The minimum Gasteiger partial charge on any atom is -0.399 e. The van der Waals surface area contributed by atoms with Gasteiger partial charge in [0, 0.05) is 22.3 Å². The Balaban J connectivity index is 0.00000228. The van der Waals surface area contributed by atoms with E-state index in [1.165, 1.54) is 33.0 Å². The topological polar surface area (TPSA) is 38.0 Å². The number of rotatable bonds is 9. The number of hydrogen-bond donors (Lipinski definition) is 2. The van der Waals surface area contributed by atoms with Gasteiger partial charge in [-0.05, 0) is 111 Å². The lowest BCUT2D eigenvalue weighted by atomic mass is 9.94. The van der Waals surface area contributed by atoms with Crippen molar-refractivity contribution in [3.05, 3.63) is 199 Å². The molecule has 0 aliphatic carbocycles. The minimum absolute atomic E-state index is 0.785. The van der Waals surface area contributed by atoms with Crippen LogP contribution < -0.4 is 11.1 Å². The summed E-state index contributed by atoms with van der Waals surface area (Å²) in [6.45, 7) is 12.6. The first-order valence-corrected chi connectivity index (χ1v) is 18.1. The molecule has 0 saturated heterocycles. The second kappa shape index (κ2) is 16.6. The maximum atomic E-state index is 6.23. The van der Waals surface area contributed by atoms with Gasteiger partial charge >= 0.3 is 0 Å². The molecule has 7 aromatic carbocycles. The van der Waals surface area contributed by atoms with Crippen molar-refractivity contribution < 1.29 is 0 Å². The van der Waals surface area contributed by atoms with Gasteiger partial charge in [0.05, 0.1) is 5.69 Å². The molecular formula is C50H46N2. The molecule has 0 bridgehead atoms. The van der Waals surface area contributed by atoms with Crippen LogP contribution in [0.3, 0.4) is 0 Å². The van der Waals surface area contributed by atoms with Gasteiger partial charge in [0.15, 0.2) is 0 Å². The van der Waals surface area contributed by atoms with E-state index < -0.39 is 0 Å². The number of nitrogens with two attached hydrogens (primary N) is 1. The molecule has 2 heteroatoms. The van der Waals surface area contributed by atoms with Crippen molar-refractivity contribution in [2.24, 2.45) is 5.73 Å². The first kappa shape index (κ1) is 35.4.